The van der Waals surface area contributed by atoms with E-state index in [2.05, 4.69) is 52.6 Å². The van der Waals surface area contributed by atoms with Crippen molar-refractivity contribution in [1.82, 2.24) is 5.32 Å². The van der Waals surface area contributed by atoms with Gasteiger partial charge in [-0.15, -0.1) is 0 Å². The summed E-state index contributed by atoms with van der Waals surface area (Å²) in [6.07, 6.45) is 1.13. The Bertz CT molecular complexity index is 123. The Labute approximate surface area is 82.7 Å². The van der Waals surface area contributed by atoms with Crippen molar-refractivity contribution in [2.24, 2.45) is 5.41 Å². The molecule has 1 N–H and O–H groups in total. The van der Waals surface area contributed by atoms with Gasteiger partial charge in [-0.25, -0.2) is 0 Å². The third-order valence-corrected chi connectivity index (χ3v) is 3.90. The van der Waals surface area contributed by atoms with Crippen LogP contribution in [-0.4, -0.2) is 17.8 Å². The average molecular weight is 189 g/mol. The van der Waals surface area contributed by atoms with E-state index in [1.165, 1.54) is 0 Å². The van der Waals surface area contributed by atoms with Crippen LogP contribution in [0.4, 0.5) is 0 Å². The minimum Gasteiger partial charge on any atom is -0.314 e. The van der Waals surface area contributed by atoms with E-state index in [9.17, 15) is 0 Å². The molecule has 0 aliphatic heterocycles. The van der Waals surface area contributed by atoms with Crippen LogP contribution in [0.15, 0.2) is 0 Å². The number of hydrogen-bond donors (Lipinski definition) is 2. The molecule has 0 aliphatic rings. The molecule has 0 heterocycles. The summed E-state index contributed by atoms with van der Waals surface area (Å²) in [6.45, 7) is 12.2. The lowest BCUT2D eigenvalue weighted by Crippen LogP contribution is -2.44. The van der Waals surface area contributed by atoms with Crippen molar-refractivity contribution in [3.63, 3.8) is 0 Å². The van der Waals surface area contributed by atoms with Gasteiger partial charge >= 0.3 is 0 Å². The first kappa shape index (κ1) is 12.3. The zero-order valence-corrected chi connectivity index (χ0v) is 9.91. The monoisotopic (exact) mass is 189 g/mol. The molecular formula is C10H23NS. The average Bonchev–Trinajstić information content (AvgIpc) is 2.03. The molecule has 0 aromatic carbocycles. The van der Waals surface area contributed by atoms with E-state index in [1.54, 1.807) is 0 Å². The van der Waals surface area contributed by atoms with Crippen LogP contribution in [0.5, 0.6) is 0 Å². The first-order valence-corrected chi connectivity index (χ1v) is 5.39. The van der Waals surface area contributed by atoms with Crippen LogP contribution in [0.2, 0.25) is 0 Å². The molecular weight excluding hydrogens is 166 g/mol. The molecule has 0 radical (unpaired) electrons. The Morgan fingerprint density at radius 1 is 1.33 bits per heavy atom. The molecule has 2 heteroatoms. The third-order valence-electron chi connectivity index (χ3n) is 2.87. The summed E-state index contributed by atoms with van der Waals surface area (Å²) in [7, 11) is 0. The molecule has 2 atom stereocenters. The predicted octanol–water partition coefficient (Wildman–Crippen LogP) is 2.72. The molecule has 0 aromatic heterocycles. The van der Waals surface area contributed by atoms with Crippen LogP contribution in [0.3, 0.4) is 0 Å². The molecule has 0 saturated heterocycles. The standard InChI is InChI=1S/C10H23NS/c1-6-9(12)10(4,5)8(3)11-7-2/h8-9,11-12H,6-7H2,1-5H3/t8-,9?/m1/s1. The van der Waals surface area contributed by atoms with Crippen LogP contribution >= 0.6 is 12.6 Å². The maximum atomic E-state index is 4.60. The zero-order valence-electron chi connectivity index (χ0n) is 9.02. The molecule has 0 rings (SSSR count). The summed E-state index contributed by atoms with van der Waals surface area (Å²) in [5.74, 6) is 0. The molecule has 0 saturated carbocycles. The molecule has 12 heavy (non-hydrogen) atoms. The molecule has 74 valence electrons. The van der Waals surface area contributed by atoms with Gasteiger partial charge in [-0.3, -0.25) is 0 Å². The van der Waals surface area contributed by atoms with Gasteiger partial charge in [0.25, 0.3) is 0 Å². The molecule has 0 fully saturated rings. The lowest BCUT2D eigenvalue weighted by atomic mass is 9.80. The van der Waals surface area contributed by atoms with Gasteiger partial charge in [0.05, 0.1) is 0 Å². The largest absolute Gasteiger partial charge is 0.314 e. The molecule has 0 spiro atoms. The van der Waals surface area contributed by atoms with Crippen LogP contribution in [0, 0.1) is 5.41 Å². The van der Waals surface area contributed by atoms with E-state index < -0.39 is 0 Å². The highest BCUT2D eigenvalue weighted by Gasteiger charge is 2.30. The number of rotatable bonds is 5. The molecule has 0 amide bonds. The molecule has 0 bridgehead atoms. The van der Waals surface area contributed by atoms with Gasteiger partial charge in [0.15, 0.2) is 0 Å². The maximum absolute atomic E-state index is 4.60. The Morgan fingerprint density at radius 3 is 2.17 bits per heavy atom. The second-order valence-corrected chi connectivity index (χ2v) is 4.65. The number of thiol groups is 1. The van der Waals surface area contributed by atoms with Gasteiger partial charge in [0.2, 0.25) is 0 Å². The first-order valence-electron chi connectivity index (χ1n) is 4.88. The second kappa shape index (κ2) is 5.13. The summed E-state index contributed by atoms with van der Waals surface area (Å²) in [4.78, 5) is 0. The van der Waals surface area contributed by atoms with Crippen molar-refractivity contribution in [3.8, 4) is 0 Å². The van der Waals surface area contributed by atoms with Crippen LogP contribution in [0.25, 0.3) is 0 Å². The Hall–Kier alpha value is 0.310. The minimum atomic E-state index is 0.272. The lowest BCUT2D eigenvalue weighted by Gasteiger charge is -2.37. The van der Waals surface area contributed by atoms with E-state index in [0.29, 0.717) is 11.3 Å². The van der Waals surface area contributed by atoms with Crippen LogP contribution < -0.4 is 5.32 Å². The zero-order chi connectivity index (χ0) is 9.78. The molecule has 0 aromatic rings. The van der Waals surface area contributed by atoms with E-state index in [1.807, 2.05) is 0 Å². The van der Waals surface area contributed by atoms with E-state index in [4.69, 9.17) is 0 Å². The number of hydrogen-bond acceptors (Lipinski definition) is 2. The fourth-order valence-corrected chi connectivity index (χ4v) is 1.61. The maximum Gasteiger partial charge on any atom is 0.0100 e. The quantitative estimate of drug-likeness (QED) is 0.634. The molecule has 0 aliphatic carbocycles. The predicted molar refractivity (Wildman–Crippen MR) is 60.0 cm³/mol. The first-order chi connectivity index (χ1) is 5.46. The van der Waals surface area contributed by atoms with Crippen molar-refractivity contribution in [3.05, 3.63) is 0 Å². The topological polar surface area (TPSA) is 12.0 Å². The summed E-state index contributed by atoms with van der Waals surface area (Å²) in [5.41, 5.74) is 0.272. The molecule has 1 unspecified atom stereocenters. The minimum absolute atomic E-state index is 0.272. The van der Waals surface area contributed by atoms with Crippen LogP contribution in [0.1, 0.15) is 41.0 Å². The fourth-order valence-electron chi connectivity index (χ4n) is 1.38. The van der Waals surface area contributed by atoms with Gasteiger partial charge in [0.1, 0.15) is 0 Å². The van der Waals surface area contributed by atoms with E-state index >= 15 is 0 Å². The van der Waals surface area contributed by atoms with Crippen molar-refractivity contribution in [2.45, 2.75) is 52.3 Å². The SMILES string of the molecule is CCN[C@H](C)C(C)(C)C(S)CC. The van der Waals surface area contributed by atoms with E-state index in [0.717, 1.165) is 13.0 Å². The second-order valence-electron chi connectivity index (χ2n) is 4.02. The molecule has 1 nitrogen and oxygen atoms in total. The van der Waals surface area contributed by atoms with Crippen molar-refractivity contribution < 1.29 is 0 Å². The summed E-state index contributed by atoms with van der Waals surface area (Å²) >= 11 is 4.60. The summed E-state index contributed by atoms with van der Waals surface area (Å²) in [5, 5.41) is 3.93. The fraction of sp³-hybridized carbons (Fsp3) is 1.00. The van der Waals surface area contributed by atoms with Crippen molar-refractivity contribution in [2.75, 3.05) is 6.54 Å². The third kappa shape index (κ3) is 2.98. The normalized spacial score (nSPS) is 17.5. The van der Waals surface area contributed by atoms with Crippen LogP contribution in [-0.2, 0) is 0 Å². The highest BCUT2D eigenvalue weighted by atomic mass is 32.1. The summed E-state index contributed by atoms with van der Waals surface area (Å²) in [6, 6.07) is 0.532. The van der Waals surface area contributed by atoms with Gasteiger partial charge in [-0.1, -0.05) is 27.7 Å². The lowest BCUT2D eigenvalue weighted by molar-refractivity contribution is 0.248. The van der Waals surface area contributed by atoms with Crippen molar-refractivity contribution >= 4 is 12.6 Å². The smallest absolute Gasteiger partial charge is 0.0100 e. The highest BCUT2D eigenvalue weighted by molar-refractivity contribution is 7.81. The Morgan fingerprint density at radius 2 is 1.83 bits per heavy atom. The van der Waals surface area contributed by atoms with Gasteiger partial charge < -0.3 is 5.32 Å². The Balaban J connectivity index is 4.16. The van der Waals surface area contributed by atoms with E-state index in [-0.39, 0.29) is 5.41 Å². The van der Waals surface area contributed by atoms with Gasteiger partial charge in [-0.2, -0.15) is 12.6 Å². The highest BCUT2D eigenvalue weighted by Crippen LogP contribution is 2.31. The van der Waals surface area contributed by atoms with Gasteiger partial charge in [0, 0.05) is 11.3 Å². The number of nitrogens with one attached hydrogen (secondary N) is 1. The summed E-state index contributed by atoms with van der Waals surface area (Å²) < 4.78 is 0. The van der Waals surface area contributed by atoms with Crippen molar-refractivity contribution in [1.29, 1.82) is 0 Å². The van der Waals surface area contributed by atoms with Gasteiger partial charge in [-0.05, 0) is 25.3 Å². The Kier molecular flexibility index (Phi) is 5.26.